The Morgan fingerprint density at radius 3 is 2.61 bits per heavy atom. The zero-order valence-corrected chi connectivity index (χ0v) is 17.8. The molecule has 0 atom stereocenters. The molecule has 9 heteroatoms. The number of halogens is 2. The summed E-state index contributed by atoms with van der Waals surface area (Å²) in [7, 11) is -1.94. The third-order valence-electron chi connectivity index (χ3n) is 4.52. The molecule has 1 saturated heterocycles. The molecule has 1 amide bonds. The molecular weight excluding hydrogens is 449 g/mol. The summed E-state index contributed by atoms with van der Waals surface area (Å²) in [4.78, 5) is 14.0. The maximum absolute atomic E-state index is 14.0. The Kier molecular flexibility index (Phi) is 6.36. The Bertz CT molecular complexity index is 978. The van der Waals surface area contributed by atoms with Gasteiger partial charge in [0.1, 0.15) is 5.82 Å². The Hall–Kier alpha value is -1.97. The van der Waals surface area contributed by atoms with Crippen molar-refractivity contribution in [1.82, 2.24) is 4.31 Å². The molecule has 150 valence electrons. The average Bonchev–Trinajstić information content (AvgIpc) is 3.17. The molecule has 1 aliphatic heterocycles. The number of anilines is 2. The molecule has 3 rings (SSSR count). The summed E-state index contributed by atoms with van der Waals surface area (Å²) in [5.74, 6) is -0.816. The fraction of sp³-hybridized carbons (Fsp3) is 0.316. The minimum absolute atomic E-state index is 0.0817. The number of rotatable bonds is 6. The van der Waals surface area contributed by atoms with Crippen LogP contribution in [0.3, 0.4) is 0 Å². The first-order chi connectivity index (χ1) is 13.3. The number of sulfonamides is 1. The maximum atomic E-state index is 14.0. The third kappa shape index (κ3) is 4.71. The lowest BCUT2D eigenvalue weighted by molar-refractivity contribution is -0.114. The molecule has 0 saturated carbocycles. The van der Waals surface area contributed by atoms with E-state index in [0.717, 1.165) is 12.8 Å². The van der Waals surface area contributed by atoms with Gasteiger partial charge >= 0.3 is 0 Å². The van der Waals surface area contributed by atoms with Crippen molar-refractivity contribution in [2.24, 2.45) is 0 Å². The first-order valence-corrected chi connectivity index (χ1v) is 11.1. The highest BCUT2D eigenvalue weighted by molar-refractivity contribution is 9.10. The summed E-state index contributed by atoms with van der Waals surface area (Å²) < 4.78 is 41.4. The molecule has 2 aromatic rings. The normalized spacial score (nSPS) is 14.8. The topological polar surface area (TPSA) is 69.7 Å². The lowest BCUT2D eigenvalue weighted by atomic mass is 10.2. The van der Waals surface area contributed by atoms with Gasteiger partial charge in [-0.1, -0.05) is 22.0 Å². The number of benzene rings is 2. The van der Waals surface area contributed by atoms with Crippen LogP contribution in [0.15, 0.2) is 51.8 Å². The van der Waals surface area contributed by atoms with Gasteiger partial charge in [0.2, 0.25) is 15.9 Å². The molecule has 0 radical (unpaired) electrons. The lowest BCUT2D eigenvalue weighted by Crippen LogP contribution is -2.31. The van der Waals surface area contributed by atoms with Crippen molar-refractivity contribution in [2.75, 3.05) is 36.9 Å². The van der Waals surface area contributed by atoms with Gasteiger partial charge in [-0.2, -0.15) is 4.31 Å². The molecule has 1 aliphatic rings. The van der Waals surface area contributed by atoms with E-state index in [0.29, 0.717) is 28.9 Å². The number of carbonyl (C=O) groups excluding carboxylic acids is 1. The second-order valence-electron chi connectivity index (χ2n) is 6.64. The second kappa shape index (κ2) is 8.59. The number of amides is 1. The molecule has 1 fully saturated rings. The van der Waals surface area contributed by atoms with E-state index in [1.165, 1.54) is 27.4 Å². The summed E-state index contributed by atoms with van der Waals surface area (Å²) in [6, 6.07) is 10.8. The molecule has 6 nitrogen and oxygen atoms in total. The zero-order valence-electron chi connectivity index (χ0n) is 15.4. The first kappa shape index (κ1) is 20.8. The number of carbonyl (C=O) groups is 1. The standard InChI is InChI=1S/C19H21BrFN3O3S/c1-23(18-8-7-14(20)11-17(18)21)13-19(25)22-15-5-4-6-16(12-15)28(26,27)24-9-2-3-10-24/h4-8,11-12H,2-3,9-10,13H2,1H3,(H,22,25). The van der Waals surface area contributed by atoms with Crippen molar-refractivity contribution in [3.05, 3.63) is 52.8 Å². The van der Waals surface area contributed by atoms with E-state index >= 15 is 0 Å². The number of nitrogens with one attached hydrogen (secondary N) is 1. The van der Waals surface area contributed by atoms with E-state index in [1.54, 1.807) is 31.3 Å². The van der Waals surface area contributed by atoms with Crippen LogP contribution in [0.25, 0.3) is 0 Å². The number of likely N-dealkylation sites (N-methyl/N-ethyl adjacent to an activating group) is 1. The minimum Gasteiger partial charge on any atom is -0.363 e. The Morgan fingerprint density at radius 1 is 1.21 bits per heavy atom. The number of hydrogen-bond acceptors (Lipinski definition) is 4. The summed E-state index contributed by atoms with van der Waals surface area (Å²) in [6.07, 6.45) is 1.71. The van der Waals surface area contributed by atoms with Crippen LogP contribution in [0.5, 0.6) is 0 Å². The Labute approximate surface area is 172 Å². The van der Waals surface area contributed by atoms with Gasteiger partial charge in [0.05, 0.1) is 17.1 Å². The number of nitrogens with zero attached hydrogens (tertiary/aromatic N) is 2. The van der Waals surface area contributed by atoms with E-state index < -0.39 is 15.8 Å². The molecular formula is C19H21BrFN3O3S. The van der Waals surface area contributed by atoms with Crippen LogP contribution < -0.4 is 10.2 Å². The molecule has 0 spiro atoms. The van der Waals surface area contributed by atoms with Crippen LogP contribution in [-0.2, 0) is 14.8 Å². The first-order valence-electron chi connectivity index (χ1n) is 8.83. The molecule has 28 heavy (non-hydrogen) atoms. The van der Waals surface area contributed by atoms with Crippen LogP contribution in [0.1, 0.15) is 12.8 Å². The Morgan fingerprint density at radius 2 is 1.93 bits per heavy atom. The zero-order chi connectivity index (χ0) is 20.3. The molecule has 0 aliphatic carbocycles. The monoisotopic (exact) mass is 469 g/mol. The maximum Gasteiger partial charge on any atom is 0.243 e. The van der Waals surface area contributed by atoms with Crippen molar-refractivity contribution in [3.8, 4) is 0 Å². The van der Waals surface area contributed by atoms with Crippen molar-refractivity contribution >= 4 is 43.2 Å². The lowest BCUT2D eigenvalue weighted by Gasteiger charge is -2.20. The van der Waals surface area contributed by atoms with Gasteiger partial charge in [0, 0.05) is 30.3 Å². The van der Waals surface area contributed by atoms with E-state index in [1.807, 2.05) is 0 Å². The largest absolute Gasteiger partial charge is 0.363 e. The van der Waals surface area contributed by atoms with E-state index in [-0.39, 0.29) is 17.3 Å². The highest BCUT2D eigenvalue weighted by atomic mass is 79.9. The fourth-order valence-corrected chi connectivity index (χ4v) is 5.00. The summed E-state index contributed by atoms with van der Waals surface area (Å²) in [5, 5.41) is 2.68. The SMILES string of the molecule is CN(CC(=O)Nc1cccc(S(=O)(=O)N2CCCC2)c1)c1ccc(Br)cc1F. The number of hydrogen-bond donors (Lipinski definition) is 1. The summed E-state index contributed by atoms with van der Waals surface area (Å²) in [5.41, 5.74) is 0.679. The van der Waals surface area contributed by atoms with Crippen LogP contribution >= 0.6 is 15.9 Å². The molecule has 0 aromatic heterocycles. The van der Waals surface area contributed by atoms with Crippen LogP contribution in [0.2, 0.25) is 0 Å². The quantitative estimate of drug-likeness (QED) is 0.703. The Balaban J connectivity index is 1.69. The van der Waals surface area contributed by atoms with Crippen LogP contribution in [0.4, 0.5) is 15.8 Å². The van der Waals surface area contributed by atoms with Crippen LogP contribution in [0, 0.1) is 5.82 Å². The molecule has 2 aromatic carbocycles. The molecule has 1 heterocycles. The van der Waals surface area contributed by atoms with Crippen molar-refractivity contribution < 1.29 is 17.6 Å². The predicted octanol–water partition coefficient (Wildman–Crippen LogP) is 3.45. The van der Waals surface area contributed by atoms with Crippen molar-refractivity contribution in [1.29, 1.82) is 0 Å². The van der Waals surface area contributed by atoms with Crippen molar-refractivity contribution in [3.63, 3.8) is 0 Å². The highest BCUT2D eigenvalue weighted by Crippen LogP contribution is 2.24. The molecule has 0 unspecified atom stereocenters. The van der Waals surface area contributed by atoms with E-state index in [4.69, 9.17) is 0 Å². The average molecular weight is 470 g/mol. The summed E-state index contributed by atoms with van der Waals surface area (Å²) in [6.45, 7) is 0.951. The van der Waals surface area contributed by atoms with Crippen molar-refractivity contribution in [2.45, 2.75) is 17.7 Å². The van der Waals surface area contributed by atoms with Gasteiger partial charge in [-0.25, -0.2) is 12.8 Å². The minimum atomic E-state index is -3.56. The summed E-state index contributed by atoms with van der Waals surface area (Å²) >= 11 is 3.20. The van der Waals surface area contributed by atoms with E-state index in [9.17, 15) is 17.6 Å². The van der Waals surface area contributed by atoms with Gasteiger partial charge in [-0.15, -0.1) is 0 Å². The smallest absolute Gasteiger partial charge is 0.243 e. The highest BCUT2D eigenvalue weighted by Gasteiger charge is 2.27. The van der Waals surface area contributed by atoms with E-state index in [2.05, 4.69) is 21.2 Å². The van der Waals surface area contributed by atoms with Gasteiger partial charge in [0.15, 0.2) is 0 Å². The molecule has 0 bridgehead atoms. The van der Waals surface area contributed by atoms with Gasteiger partial charge in [-0.3, -0.25) is 4.79 Å². The van der Waals surface area contributed by atoms with Gasteiger partial charge < -0.3 is 10.2 Å². The predicted molar refractivity (Wildman–Crippen MR) is 110 cm³/mol. The van der Waals surface area contributed by atoms with Gasteiger partial charge in [-0.05, 0) is 49.2 Å². The van der Waals surface area contributed by atoms with Crippen LogP contribution in [-0.4, -0.2) is 45.3 Å². The fourth-order valence-electron chi connectivity index (χ4n) is 3.10. The third-order valence-corrected chi connectivity index (χ3v) is 6.91. The second-order valence-corrected chi connectivity index (χ2v) is 9.49. The van der Waals surface area contributed by atoms with Gasteiger partial charge in [0.25, 0.3) is 0 Å². The molecule has 1 N–H and O–H groups in total.